The predicted octanol–water partition coefficient (Wildman–Crippen LogP) is -0.277. The number of carbonyl (C=O) groups is 1. The second-order valence-electron chi connectivity index (χ2n) is 3.73. The van der Waals surface area contributed by atoms with E-state index < -0.39 is 0 Å². The Morgan fingerprint density at radius 2 is 2.40 bits per heavy atom. The molecule has 1 atom stereocenters. The van der Waals surface area contributed by atoms with Gasteiger partial charge >= 0.3 is 0 Å². The summed E-state index contributed by atoms with van der Waals surface area (Å²) in [6.45, 7) is 1.53. The summed E-state index contributed by atoms with van der Waals surface area (Å²) in [5.41, 5.74) is 11.7. The number of rotatable bonds is 3. The fourth-order valence-corrected chi connectivity index (χ4v) is 1.75. The van der Waals surface area contributed by atoms with Crippen molar-refractivity contribution in [3.63, 3.8) is 0 Å². The molecule has 1 aromatic heterocycles. The highest BCUT2D eigenvalue weighted by Crippen LogP contribution is 2.19. The molecule has 1 amide bonds. The van der Waals surface area contributed by atoms with Gasteiger partial charge in [-0.1, -0.05) is 6.07 Å². The van der Waals surface area contributed by atoms with Crippen LogP contribution in [0.25, 0.3) is 0 Å². The van der Waals surface area contributed by atoms with Gasteiger partial charge in [-0.05, 0) is 18.6 Å². The number of aromatic nitrogens is 1. The Morgan fingerprint density at radius 1 is 1.60 bits per heavy atom. The molecule has 1 aliphatic rings. The summed E-state index contributed by atoms with van der Waals surface area (Å²) in [4.78, 5) is 17.2. The molecule has 1 fully saturated rings. The zero-order valence-corrected chi connectivity index (χ0v) is 8.39. The van der Waals surface area contributed by atoms with Crippen molar-refractivity contribution < 1.29 is 4.79 Å². The van der Waals surface area contributed by atoms with E-state index in [9.17, 15) is 4.79 Å². The van der Waals surface area contributed by atoms with E-state index in [2.05, 4.69) is 4.98 Å². The number of likely N-dealkylation sites (tertiary alicyclic amines) is 1. The number of anilines is 1. The Balaban J connectivity index is 2.00. The number of nitrogen functional groups attached to an aromatic ring is 1. The van der Waals surface area contributed by atoms with E-state index >= 15 is 0 Å². The third kappa shape index (κ3) is 2.07. The molecular weight excluding hydrogens is 192 g/mol. The highest BCUT2D eigenvalue weighted by Gasteiger charge is 2.32. The van der Waals surface area contributed by atoms with E-state index in [0.717, 1.165) is 18.7 Å². The van der Waals surface area contributed by atoms with Gasteiger partial charge in [0, 0.05) is 13.1 Å². The number of carbonyl (C=O) groups excluding carboxylic acids is 1. The van der Waals surface area contributed by atoms with Crippen LogP contribution in [0.5, 0.6) is 0 Å². The van der Waals surface area contributed by atoms with Gasteiger partial charge in [-0.15, -0.1) is 0 Å². The fraction of sp³-hybridized carbons (Fsp3) is 0.400. The van der Waals surface area contributed by atoms with Crippen LogP contribution < -0.4 is 11.5 Å². The first-order valence-electron chi connectivity index (χ1n) is 4.91. The van der Waals surface area contributed by atoms with E-state index in [1.807, 2.05) is 17.0 Å². The van der Waals surface area contributed by atoms with Crippen LogP contribution in [0.1, 0.15) is 12.1 Å². The molecule has 15 heavy (non-hydrogen) atoms. The second-order valence-corrected chi connectivity index (χ2v) is 3.73. The van der Waals surface area contributed by atoms with Gasteiger partial charge in [0.2, 0.25) is 5.91 Å². The topological polar surface area (TPSA) is 85.2 Å². The van der Waals surface area contributed by atoms with Crippen molar-refractivity contribution in [2.24, 2.45) is 5.73 Å². The highest BCUT2D eigenvalue weighted by atomic mass is 16.1. The molecule has 1 saturated heterocycles. The largest absolute Gasteiger partial charge is 0.384 e. The first-order valence-corrected chi connectivity index (χ1v) is 4.91. The number of hydrogen-bond acceptors (Lipinski definition) is 4. The molecule has 0 bridgehead atoms. The maximum Gasteiger partial charge on any atom is 0.234 e. The Bertz CT molecular complexity index is 379. The first-order chi connectivity index (χ1) is 7.16. The van der Waals surface area contributed by atoms with Crippen molar-refractivity contribution >= 4 is 11.7 Å². The molecule has 2 rings (SSSR count). The molecular formula is C10H14N4O. The molecule has 1 aromatic rings. The van der Waals surface area contributed by atoms with Crippen molar-refractivity contribution in [2.45, 2.75) is 19.0 Å². The summed E-state index contributed by atoms with van der Waals surface area (Å²) >= 11 is 0. The minimum Gasteiger partial charge on any atom is -0.384 e. The van der Waals surface area contributed by atoms with Crippen molar-refractivity contribution in [3.05, 3.63) is 23.9 Å². The second kappa shape index (κ2) is 3.86. The van der Waals surface area contributed by atoms with Crippen LogP contribution in [-0.2, 0) is 11.3 Å². The van der Waals surface area contributed by atoms with Gasteiger partial charge in [-0.2, -0.15) is 0 Å². The van der Waals surface area contributed by atoms with Crippen LogP contribution in [-0.4, -0.2) is 28.4 Å². The fourth-order valence-electron chi connectivity index (χ4n) is 1.75. The van der Waals surface area contributed by atoms with Crippen LogP contribution in [0, 0.1) is 0 Å². The number of hydrogen-bond donors (Lipinski definition) is 2. The lowest BCUT2D eigenvalue weighted by molar-refractivity contribution is -0.127. The minimum absolute atomic E-state index is 0.131. The molecule has 0 aromatic carbocycles. The van der Waals surface area contributed by atoms with Gasteiger partial charge in [-0.3, -0.25) is 9.69 Å². The van der Waals surface area contributed by atoms with E-state index in [1.165, 1.54) is 0 Å². The number of amides is 1. The molecule has 1 aliphatic heterocycles. The average Bonchev–Trinajstić information content (AvgIpc) is 2.11. The quantitative estimate of drug-likeness (QED) is 0.712. The summed E-state index contributed by atoms with van der Waals surface area (Å²) < 4.78 is 0. The predicted molar refractivity (Wildman–Crippen MR) is 56.7 cm³/mol. The van der Waals surface area contributed by atoms with Crippen molar-refractivity contribution in [3.8, 4) is 0 Å². The highest BCUT2D eigenvalue weighted by molar-refractivity contribution is 5.80. The van der Waals surface area contributed by atoms with Crippen LogP contribution in [0.2, 0.25) is 0 Å². The van der Waals surface area contributed by atoms with Gasteiger partial charge in [0.1, 0.15) is 5.82 Å². The maximum absolute atomic E-state index is 11.0. The van der Waals surface area contributed by atoms with Crippen LogP contribution in [0.15, 0.2) is 18.2 Å². The molecule has 2 heterocycles. The number of pyridine rings is 1. The van der Waals surface area contributed by atoms with E-state index in [1.54, 1.807) is 6.07 Å². The summed E-state index contributed by atoms with van der Waals surface area (Å²) in [7, 11) is 0. The van der Waals surface area contributed by atoms with Crippen LogP contribution in [0.3, 0.4) is 0 Å². The lowest BCUT2D eigenvalue weighted by atomic mass is 10.0. The summed E-state index contributed by atoms with van der Waals surface area (Å²) in [6.07, 6.45) is 0.845. The number of nitrogens with two attached hydrogens (primary N) is 2. The third-order valence-corrected chi connectivity index (χ3v) is 2.65. The SMILES string of the molecule is NC(=O)C1CCN1Cc1cccc(N)n1. The monoisotopic (exact) mass is 206 g/mol. The van der Waals surface area contributed by atoms with Crippen molar-refractivity contribution in [1.29, 1.82) is 0 Å². The standard InChI is InChI=1S/C10H14N4O/c11-9-3-1-2-7(13-9)6-14-5-4-8(14)10(12)15/h1-3,8H,4-6H2,(H2,11,13)(H2,12,15). The van der Waals surface area contributed by atoms with E-state index in [4.69, 9.17) is 11.5 Å². The molecule has 0 aliphatic carbocycles. The van der Waals surface area contributed by atoms with Gasteiger partial charge in [0.15, 0.2) is 0 Å². The molecule has 5 heteroatoms. The molecule has 1 unspecified atom stereocenters. The lowest BCUT2D eigenvalue weighted by Crippen LogP contribution is -2.54. The Labute approximate surface area is 88.1 Å². The smallest absolute Gasteiger partial charge is 0.234 e. The van der Waals surface area contributed by atoms with Gasteiger partial charge < -0.3 is 11.5 Å². The molecule has 80 valence electrons. The molecule has 5 nitrogen and oxygen atoms in total. The van der Waals surface area contributed by atoms with Gasteiger partial charge in [-0.25, -0.2) is 4.98 Å². The van der Waals surface area contributed by atoms with E-state index in [-0.39, 0.29) is 11.9 Å². The Morgan fingerprint density at radius 3 is 2.93 bits per heavy atom. The van der Waals surface area contributed by atoms with E-state index in [0.29, 0.717) is 12.4 Å². The van der Waals surface area contributed by atoms with Gasteiger partial charge in [0.25, 0.3) is 0 Å². The van der Waals surface area contributed by atoms with Gasteiger partial charge in [0.05, 0.1) is 11.7 Å². The lowest BCUT2D eigenvalue weighted by Gasteiger charge is -2.38. The molecule has 0 saturated carbocycles. The summed E-state index contributed by atoms with van der Waals surface area (Å²) in [5, 5.41) is 0. The Kier molecular flexibility index (Phi) is 2.55. The minimum atomic E-state index is -0.259. The number of primary amides is 1. The zero-order chi connectivity index (χ0) is 10.8. The Hall–Kier alpha value is -1.62. The molecule has 0 spiro atoms. The molecule has 4 N–H and O–H groups in total. The number of nitrogens with zero attached hydrogens (tertiary/aromatic N) is 2. The molecule has 0 radical (unpaired) electrons. The van der Waals surface area contributed by atoms with Crippen molar-refractivity contribution in [2.75, 3.05) is 12.3 Å². The van der Waals surface area contributed by atoms with Crippen LogP contribution >= 0.6 is 0 Å². The third-order valence-electron chi connectivity index (χ3n) is 2.65. The summed E-state index contributed by atoms with van der Waals surface area (Å²) in [6, 6.07) is 5.36. The average molecular weight is 206 g/mol. The maximum atomic E-state index is 11.0. The van der Waals surface area contributed by atoms with Crippen LogP contribution in [0.4, 0.5) is 5.82 Å². The van der Waals surface area contributed by atoms with Crippen molar-refractivity contribution in [1.82, 2.24) is 9.88 Å². The summed E-state index contributed by atoms with van der Waals surface area (Å²) in [5.74, 6) is 0.244. The normalized spacial score (nSPS) is 20.9. The zero-order valence-electron chi connectivity index (χ0n) is 8.39. The first kappa shape index (κ1) is 9.92.